The molecule has 0 saturated carbocycles. The van der Waals surface area contributed by atoms with Gasteiger partial charge in [-0.2, -0.15) is 10.5 Å². The molecule has 0 aliphatic heterocycles. The molecule has 5 heteroatoms. The average Bonchev–Trinajstić information content (AvgIpc) is 2.03. The van der Waals surface area contributed by atoms with E-state index in [-0.39, 0.29) is 16.5 Å². The smallest absolute Gasteiger partial charge is 0.176 e. The van der Waals surface area contributed by atoms with Crippen LogP contribution in [0.3, 0.4) is 0 Å². The molecule has 0 fully saturated rings. The largest absolute Gasteiger partial charge is 0.324 e. The second kappa shape index (κ2) is 4.89. The van der Waals surface area contributed by atoms with Crippen LogP contribution < -0.4 is 10.6 Å². The Labute approximate surface area is 75.8 Å². The highest BCUT2D eigenvalue weighted by Gasteiger charge is 1.97. The van der Waals surface area contributed by atoms with Gasteiger partial charge in [-0.15, -0.1) is 0 Å². The van der Waals surface area contributed by atoms with Crippen molar-refractivity contribution in [2.24, 2.45) is 0 Å². The van der Waals surface area contributed by atoms with Gasteiger partial charge in [-0.25, -0.2) is 0 Å². The third-order valence-corrected chi connectivity index (χ3v) is 1.00. The molecule has 0 aliphatic rings. The molecule has 2 N–H and O–H groups in total. The number of thiocarbonyl (C=S) groups is 1. The Morgan fingerprint density at radius 3 is 1.67 bits per heavy atom. The molecule has 0 saturated heterocycles. The fourth-order valence-electron chi connectivity index (χ4n) is 0.361. The van der Waals surface area contributed by atoms with E-state index in [9.17, 15) is 0 Å². The normalized spacial score (nSPS) is 7.17. The Hall–Kier alpha value is -1.85. The Kier molecular flexibility index (Phi) is 4.13. The van der Waals surface area contributed by atoms with E-state index in [4.69, 9.17) is 22.7 Å². The molecule has 4 nitrogen and oxygen atoms in total. The highest BCUT2D eigenvalue weighted by molar-refractivity contribution is 7.80. The maximum absolute atomic E-state index is 8.29. The van der Waals surface area contributed by atoms with Crippen LogP contribution in [0, 0.1) is 22.7 Å². The summed E-state index contributed by atoms with van der Waals surface area (Å²) in [6.45, 7) is 6.67. The third kappa shape index (κ3) is 4.04. The van der Waals surface area contributed by atoms with Crippen LogP contribution in [-0.2, 0) is 0 Å². The van der Waals surface area contributed by atoms with Crippen LogP contribution in [0.5, 0.6) is 0 Å². The highest BCUT2D eigenvalue weighted by atomic mass is 32.1. The van der Waals surface area contributed by atoms with Crippen LogP contribution in [0.1, 0.15) is 0 Å². The molecule has 0 aromatic rings. The van der Waals surface area contributed by atoms with Crippen molar-refractivity contribution < 1.29 is 0 Å². The molecule has 0 aromatic heterocycles. The Morgan fingerprint density at radius 2 is 1.42 bits per heavy atom. The van der Waals surface area contributed by atoms with Crippen molar-refractivity contribution in [3.8, 4) is 12.1 Å². The first-order chi connectivity index (χ1) is 5.60. The summed E-state index contributed by atoms with van der Waals surface area (Å²) < 4.78 is 0. The second-order valence-corrected chi connectivity index (χ2v) is 2.17. The topological polar surface area (TPSA) is 71.6 Å². The van der Waals surface area contributed by atoms with Crippen LogP contribution in [0.15, 0.2) is 24.6 Å². The molecule has 0 bridgehead atoms. The van der Waals surface area contributed by atoms with Gasteiger partial charge in [0.25, 0.3) is 0 Å². The molecule has 0 rings (SSSR count). The van der Waals surface area contributed by atoms with Crippen LogP contribution >= 0.6 is 12.2 Å². The molecular formula is C7H6N4S. The quantitative estimate of drug-likeness (QED) is 0.476. The average molecular weight is 178 g/mol. The van der Waals surface area contributed by atoms with E-state index in [2.05, 4.69) is 23.8 Å². The van der Waals surface area contributed by atoms with Gasteiger partial charge in [0.1, 0.15) is 23.5 Å². The standard InChI is InChI=1S/C7H6N4S/c1-5(3-8)10-7(12)11-6(2)4-9/h1-2H2,(H2,10,11,12). The molecule has 0 radical (unpaired) electrons. The van der Waals surface area contributed by atoms with Crippen molar-refractivity contribution in [2.75, 3.05) is 0 Å². The van der Waals surface area contributed by atoms with Gasteiger partial charge in [-0.05, 0) is 12.2 Å². The first-order valence-corrected chi connectivity index (χ1v) is 3.27. The van der Waals surface area contributed by atoms with Gasteiger partial charge in [0.15, 0.2) is 5.11 Å². The van der Waals surface area contributed by atoms with E-state index >= 15 is 0 Å². The summed E-state index contributed by atoms with van der Waals surface area (Å²) in [6, 6.07) is 3.48. The first kappa shape index (κ1) is 10.2. The zero-order chi connectivity index (χ0) is 9.56. The maximum atomic E-state index is 8.29. The van der Waals surface area contributed by atoms with Crippen molar-refractivity contribution in [1.82, 2.24) is 10.6 Å². The highest BCUT2D eigenvalue weighted by Crippen LogP contribution is 1.83. The van der Waals surface area contributed by atoms with E-state index in [1.165, 1.54) is 0 Å². The maximum Gasteiger partial charge on any atom is 0.176 e. The van der Waals surface area contributed by atoms with Crippen molar-refractivity contribution in [1.29, 1.82) is 10.5 Å². The number of hydrogen-bond acceptors (Lipinski definition) is 3. The number of nitriles is 2. The van der Waals surface area contributed by atoms with Crippen molar-refractivity contribution in [2.45, 2.75) is 0 Å². The summed E-state index contributed by atoms with van der Waals surface area (Å²) in [7, 11) is 0. The van der Waals surface area contributed by atoms with E-state index in [0.717, 1.165) is 0 Å². The molecule has 0 aromatic carbocycles. The van der Waals surface area contributed by atoms with Crippen LogP contribution in [-0.4, -0.2) is 5.11 Å². The lowest BCUT2D eigenvalue weighted by molar-refractivity contribution is 1.09. The Morgan fingerprint density at radius 1 is 1.08 bits per heavy atom. The monoisotopic (exact) mass is 178 g/mol. The minimum absolute atomic E-state index is 0.109. The minimum Gasteiger partial charge on any atom is -0.324 e. The van der Waals surface area contributed by atoms with Gasteiger partial charge in [-0.3, -0.25) is 0 Å². The molecule has 12 heavy (non-hydrogen) atoms. The number of hydrogen-bond donors (Lipinski definition) is 2. The summed E-state index contributed by atoms with van der Waals surface area (Å²) in [5.74, 6) is 0. The zero-order valence-electron chi connectivity index (χ0n) is 6.22. The summed E-state index contributed by atoms with van der Waals surface area (Å²) >= 11 is 4.69. The molecule has 0 heterocycles. The van der Waals surface area contributed by atoms with Crippen LogP contribution in [0.4, 0.5) is 0 Å². The molecule has 0 spiro atoms. The molecule has 0 amide bonds. The van der Waals surface area contributed by atoms with Gasteiger partial charge in [0, 0.05) is 0 Å². The van der Waals surface area contributed by atoms with E-state index in [1.54, 1.807) is 12.1 Å². The Bertz CT molecular complexity index is 274. The first-order valence-electron chi connectivity index (χ1n) is 2.86. The molecule has 0 atom stereocenters. The fourth-order valence-corrected chi connectivity index (χ4v) is 0.608. The van der Waals surface area contributed by atoms with Gasteiger partial charge in [0.05, 0.1) is 0 Å². The number of nitrogens with one attached hydrogen (secondary N) is 2. The van der Waals surface area contributed by atoms with Crippen LogP contribution in [0.25, 0.3) is 0 Å². The van der Waals surface area contributed by atoms with Crippen molar-refractivity contribution in [3.63, 3.8) is 0 Å². The van der Waals surface area contributed by atoms with E-state index < -0.39 is 0 Å². The summed E-state index contributed by atoms with van der Waals surface area (Å²) in [4.78, 5) is 0. The van der Waals surface area contributed by atoms with Gasteiger partial charge < -0.3 is 10.6 Å². The fraction of sp³-hybridized carbons (Fsp3) is 0. The predicted molar refractivity (Wildman–Crippen MR) is 48.4 cm³/mol. The second-order valence-electron chi connectivity index (χ2n) is 1.76. The number of rotatable bonds is 2. The van der Waals surface area contributed by atoms with Crippen molar-refractivity contribution in [3.05, 3.63) is 24.6 Å². The van der Waals surface area contributed by atoms with Gasteiger partial charge in [-0.1, -0.05) is 13.2 Å². The van der Waals surface area contributed by atoms with Crippen molar-refractivity contribution >= 4 is 17.3 Å². The van der Waals surface area contributed by atoms with Gasteiger partial charge >= 0.3 is 0 Å². The molecular weight excluding hydrogens is 172 g/mol. The lowest BCUT2D eigenvalue weighted by Gasteiger charge is -2.05. The Balaban J connectivity index is 3.95. The summed E-state index contributed by atoms with van der Waals surface area (Å²) in [6.07, 6.45) is 0. The third-order valence-electron chi connectivity index (χ3n) is 0.799. The minimum atomic E-state index is 0.109. The molecule has 60 valence electrons. The lowest BCUT2D eigenvalue weighted by Crippen LogP contribution is -2.32. The predicted octanol–water partition coefficient (Wildman–Crippen LogP) is 0.525. The SMILES string of the molecule is C=C(C#N)NC(=S)NC(=C)C#N. The van der Waals surface area contributed by atoms with E-state index in [0.29, 0.717) is 0 Å². The summed E-state index contributed by atoms with van der Waals surface area (Å²) in [5, 5.41) is 21.6. The molecule has 0 unspecified atom stereocenters. The summed E-state index contributed by atoms with van der Waals surface area (Å²) in [5.41, 5.74) is 0.219. The number of nitrogens with zero attached hydrogens (tertiary/aromatic N) is 2. The van der Waals surface area contributed by atoms with Crippen LogP contribution in [0.2, 0.25) is 0 Å². The number of allylic oxidation sites excluding steroid dienone is 2. The lowest BCUT2D eigenvalue weighted by atomic mass is 10.5. The molecule has 0 aliphatic carbocycles. The van der Waals surface area contributed by atoms with E-state index in [1.807, 2.05) is 0 Å². The van der Waals surface area contributed by atoms with Gasteiger partial charge in [0.2, 0.25) is 0 Å². The zero-order valence-corrected chi connectivity index (χ0v) is 7.03.